The molecular formula is C21H17F6N3O3. The van der Waals surface area contributed by atoms with E-state index >= 15 is 0 Å². The summed E-state index contributed by atoms with van der Waals surface area (Å²) in [5.41, 5.74) is -1.60. The number of ether oxygens (including phenoxy) is 2. The summed E-state index contributed by atoms with van der Waals surface area (Å²) in [6.07, 6.45) is -4.76. The summed E-state index contributed by atoms with van der Waals surface area (Å²) in [6.45, 7) is -1.44. The normalized spacial score (nSPS) is 11.7. The molecule has 12 heteroatoms. The molecule has 0 aliphatic rings. The van der Waals surface area contributed by atoms with Crippen molar-refractivity contribution in [2.45, 2.75) is 26.1 Å². The van der Waals surface area contributed by atoms with Gasteiger partial charge in [-0.05, 0) is 36.8 Å². The molecule has 3 aromatic rings. The van der Waals surface area contributed by atoms with Gasteiger partial charge < -0.3 is 14.0 Å². The summed E-state index contributed by atoms with van der Waals surface area (Å²) in [7, 11) is 1.45. The maximum atomic E-state index is 14.6. The minimum atomic E-state index is -4.85. The maximum absolute atomic E-state index is 14.6. The highest BCUT2D eigenvalue weighted by atomic mass is 19.4. The van der Waals surface area contributed by atoms with Crippen LogP contribution in [0.3, 0.4) is 0 Å². The molecule has 0 saturated carbocycles. The molecule has 6 nitrogen and oxygen atoms in total. The Kier molecular flexibility index (Phi) is 6.94. The average Bonchev–Trinajstić information content (AvgIpc) is 3.04. The zero-order chi connectivity index (χ0) is 24.3. The Morgan fingerprint density at radius 2 is 1.76 bits per heavy atom. The summed E-state index contributed by atoms with van der Waals surface area (Å²) in [4.78, 5) is 19.6. The third-order valence-corrected chi connectivity index (χ3v) is 4.56. The highest BCUT2D eigenvalue weighted by Crippen LogP contribution is 2.32. The van der Waals surface area contributed by atoms with E-state index in [1.807, 2.05) is 0 Å². The Morgan fingerprint density at radius 1 is 1.09 bits per heavy atom. The first-order valence-electron chi connectivity index (χ1n) is 9.51. The summed E-state index contributed by atoms with van der Waals surface area (Å²) in [5.74, 6) is -2.14. The molecule has 176 valence electrons. The van der Waals surface area contributed by atoms with E-state index in [9.17, 15) is 31.1 Å². The zero-order valence-corrected chi connectivity index (χ0v) is 17.3. The van der Waals surface area contributed by atoms with Crippen LogP contribution < -0.4 is 4.74 Å². The van der Waals surface area contributed by atoms with Crippen molar-refractivity contribution >= 4 is 5.97 Å². The predicted octanol–water partition coefficient (Wildman–Crippen LogP) is 5.01. The van der Waals surface area contributed by atoms with Crippen LogP contribution in [0.4, 0.5) is 26.3 Å². The van der Waals surface area contributed by atoms with E-state index in [1.165, 1.54) is 35.9 Å². The molecule has 0 unspecified atom stereocenters. The first-order valence-corrected chi connectivity index (χ1v) is 9.51. The number of benzene rings is 1. The topological polar surface area (TPSA) is 66.2 Å². The van der Waals surface area contributed by atoms with Crippen molar-refractivity contribution in [3.8, 4) is 17.0 Å². The fourth-order valence-corrected chi connectivity index (χ4v) is 3.09. The molecule has 0 spiro atoms. The Hall–Kier alpha value is -3.57. The summed E-state index contributed by atoms with van der Waals surface area (Å²) < 4.78 is 88.4. The lowest BCUT2D eigenvalue weighted by atomic mass is 10.1. The van der Waals surface area contributed by atoms with E-state index < -0.39 is 30.4 Å². The van der Waals surface area contributed by atoms with E-state index in [2.05, 4.69) is 14.7 Å². The van der Waals surface area contributed by atoms with Gasteiger partial charge in [0, 0.05) is 13.5 Å². The molecule has 0 atom stereocenters. The predicted molar refractivity (Wildman–Crippen MR) is 103 cm³/mol. The minimum absolute atomic E-state index is 0.0104. The number of nitrogens with zero attached hydrogens (tertiary/aromatic N) is 3. The number of esters is 1. The molecule has 0 N–H and O–H groups in total. The highest BCUT2D eigenvalue weighted by Gasteiger charge is 2.34. The quantitative estimate of drug-likeness (QED) is 0.274. The van der Waals surface area contributed by atoms with Crippen molar-refractivity contribution in [2.75, 3.05) is 6.61 Å². The lowest BCUT2D eigenvalue weighted by Crippen LogP contribution is -2.11. The van der Waals surface area contributed by atoms with Gasteiger partial charge in [0.15, 0.2) is 5.69 Å². The molecule has 0 amide bonds. The molecule has 0 aliphatic heterocycles. The molecule has 0 bridgehead atoms. The van der Waals surface area contributed by atoms with E-state index in [-0.39, 0.29) is 41.6 Å². The largest absolute Gasteiger partial charge is 0.461 e. The second-order valence-electron chi connectivity index (χ2n) is 6.74. The van der Waals surface area contributed by atoms with E-state index in [1.54, 1.807) is 6.92 Å². The monoisotopic (exact) mass is 473 g/mol. The van der Waals surface area contributed by atoms with Gasteiger partial charge in [0.2, 0.25) is 5.95 Å². The summed E-state index contributed by atoms with van der Waals surface area (Å²) >= 11 is 0. The second kappa shape index (κ2) is 9.51. The molecule has 1 aromatic carbocycles. The van der Waals surface area contributed by atoms with Crippen LogP contribution in [0.2, 0.25) is 0 Å². The highest BCUT2D eigenvalue weighted by molar-refractivity contribution is 5.94. The van der Waals surface area contributed by atoms with Gasteiger partial charge in [-0.1, -0.05) is 12.1 Å². The first kappa shape index (κ1) is 24.1. The molecule has 0 saturated heterocycles. The van der Waals surface area contributed by atoms with Crippen molar-refractivity contribution in [3.05, 3.63) is 65.1 Å². The van der Waals surface area contributed by atoms with Gasteiger partial charge in [-0.3, -0.25) is 0 Å². The molecule has 2 aromatic heterocycles. The van der Waals surface area contributed by atoms with Crippen LogP contribution in [0.25, 0.3) is 11.3 Å². The van der Waals surface area contributed by atoms with Crippen LogP contribution in [0, 0.1) is 5.95 Å². The van der Waals surface area contributed by atoms with Crippen molar-refractivity contribution in [1.82, 2.24) is 14.5 Å². The van der Waals surface area contributed by atoms with E-state index in [0.29, 0.717) is 11.6 Å². The smallest absolute Gasteiger partial charge is 0.433 e. The number of hydrogen-bond acceptors (Lipinski definition) is 5. The van der Waals surface area contributed by atoms with Gasteiger partial charge in [-0.15, -0.1) is 0 Å². The Balaban J connectivity index is 2.03. The van der Waals surface area contributed by atoms with Crippen LogP contribution in [-0.2, 0) is 24.4 Å². The number of pyridine rings is 1. The number of rotatable bonds is 7. The van der Waals surface area contributed by atoms with Crippen LogP contribution in [-0.4, -0.2) is 33.7 Å². The maximum Gasteiger partial charge on any atom is 0.433 e. The van der Waals surface area contributed by atoms with Gasteiger partial charge in [-0.2, -0.15) is 26.3 Å². The van der Waals surface area contributed by atoms with Crippen LogP contribution in [0.5, 0.6) is 5.75 Å². The van der Waals surface area contributed by atoms with Gasteiger partial charge in [0.25, 0.3) is 0 Å². The fraction of sp³-hybridized carbons (Fsp3) is 0.286. The summed E-state index contributed by atoms with van der Waals surface area (Å²) in [6, 6.07) is 7.09. The number of carbonyl (C=O) groups is 1. The van der Waals surface area contributed by atoms with Gasteiger partial charge in [-0.25, -0.2) is 14.8 Å². The third-order valence-electron chi connectivity index (χ3n) is 4.56. The van der Waals surface area contributed by atoms with Crippen molar-refractivity contribution in [3.63, 3.8) is 0 Å². The van der Waals surface area contributed by atoms with E-state index in [0.717, 1.165) is 6.07 Å². The molecule has 2 heterocycles. The average molecular weight is 473 g/mol. The summed E-state index contributed by atoms with van der Waals surface area (Å²) in [5, 5.41) is 0. The first-order chi connectivity index (χ1) is 15.5. The van der Waals surface area contributed by atoms with Crippen LogP contribution in [0.1, 0.15) is 34.5 Å². The molecule has 3 rings (SSSR count). The van der Waals surface area contributed by atoms with Gasteiger partial charge in [0.05, 0.1) is 17.9 Å². The third kappa shape index (κ3) is 5.44. The molecule has 33 heavy (non-hydrogen) atoms. The van der Waals surface area contributed by atoms with Crippen LogP contribution in [0.15, 0.2) is 36.4 Å². The van der Waals surface area contributed by atoms with Gasteiger partial charge in [0.1, 0.15) is 17.3 Å². The number of aromatic nitrogens is 3. The van der Waals surface area contributed by atoms with Crippen molar-refractivity contribution in [1.29, 1.82) is 0 Å². The molecule has 0 fully saturated rings. The SMILES string of the molecule is CCOC(=O)c1nc(Cc2ccc(OC(F)F)cc2)n(C)c1-c1ccc(C(F)(F)F)nc1F. The molecular weight excluding hydrogens is 456 g/mol. The Labute approximate surface area is 183 Å². The van der Waals surface area contributed by atoms with Gasteiger partial charge >= 0.3 is 18.8 Å². The molecule has 0 aliphatic carbocycles. The lowest BCUT2D eigenvalue weighted by Gasteiger charge is -2.11. The Morgan fingerprint density at radius 3 is 2.30 bits per heavy atom. The van der Waals surface area contributed by atoms with Crippen molar-refractivity contribution in [2.24, 2.45) is 7.05 Å². The lowest BCUT2D eigenvalue weighted by molar-refractivity contribution is -0.141. The second-order valence-corrected chi connectivity index (χ2v) is 6.74. The number of halogens is 6. The number of imidazole rings is 1. The fourth-order valence-electron chi connectivity index (χ4n) is 3.09. The standard InChI is InChI=1S/C21H17F6N3O3/c1-3-32-19(31)16-17(13-8-9-14(21(25,26)27)28-18(13)22)30(2)15(29-16)10-11-4-6-12(7-5-11)33-20(23)24/h4-9,20H,3,10H2,1-2H3. The van der Waals surface area contributed by atoms with Crippen molar-refractivity contribution < 1.29 is 40.6 Å². The molecule has 0 radical (unpaired) electrons. The Bertz CT molecular complexity index is 1140. The van der Waals surface area contributed by atoms with E-state index in [4.69, 9.17) is 4.74 Å². The zero-order valence-electron chi connectivity index (χ0n) is 17.3. The minimum Gasteiger partial charge on any atom is -0.461 e. The van der Waals surface area contributed by atoms with Crippen LogP contribution >= 0.6 is 0 Å². The number of alkyl halides is 5. The number of carbonyl (C=O) groups excluding carboxylic acids is 1. The number of hydrogen-bond donors (Lipinski definition) is 0.